The molecular formula is C14H26O2. The van der Waals surface area contributed by atoms with Crippen molar-refractivity contribution in [1.29, 1.82) is 0 Å². The third kappa shape index (κ3) is 5.11. The fourth-order valence-electron chi connectivity index (χ4n) is 2.41. The van der Waals surface area contributed by atoms with Crippen molar-refractivity contribution < 1.29 is 9.53 Å². The molecule has 0 radical (unpaired) electrons. The molecule has 2 nitrogen and oxygen atoms in total. The maximum atomic E-state index is 11.9. The van der Waals surface area contributed by atoms with Gasteiger partial charge in [-0.2, -0.15) is 0 Å². The minimum atomic E-state index is 0.233. The first-order valence-electron chi connectivity index (χ1n) is 6.89. The highest BCUT2D eigenvalue weighted by Gasteiger charge is 2.20. The summed E-state index contributed by atoms with van der Waals surface area (Å²) in [4.78, 5) is 11.9. The van der Waals surface area contributed by atoms with Crippen LogP contribution in [0.5, 0.6) is 0 Å². The van der Waals surface area contributed by atoms with Gasteiger partial charge in [-0.1, -0.05) is 39.5 Å². The first-order valence-corrected chi connectivity index (χ1v) is 6.89. The molecule has 94 valence electrons. The van der Waals surface area contributed by atoms with E-state index in [-0.39, 0.29) is 6.10 Å². The smallest absolute Gasteiger partial charge is 0.135 e. The number of carbonyl (C=O) groups is 1. The van der Waals surface area contributed by atoms with Crippen LogP contribution < -0.4 is 0 Å². The van der Waals surface area contributed by atoms with Gasteiger partial charge in [-0.15, -0.1) is 0 Å². The summed E-state index contributed by atoms with van der Waals surface area (Å²) >= 11 is 0. The van der Waals surface area contributed by atoms with Gasteiger partial charge < -0.3 is 4.74 Å². The number of unbranched alkanes of at least 4 members (excludes halogenated alkanes) is 1. The van der Waals surface area contributed by atoms with E-state index in [1.54, 1.807) is 0 Å². The number of rotatable bonds is 8. The molecule has 0 N–H and O–H groups in total. The Bertz CT molecular complexity index is 195. The van der Waals surface area contributed by atoms with Gasteiger partial charge in [0, 0.05) is 19.4 Å². The molecule has 0 aromatic carbocycles. The maximum absolute atomic E-state index is 11.9. The predicted octanol–water partition coefficient (Wildman–Crippen LogP) is 3.73. The number of hydrogen-bond donors (Lipinski definition) is 0. The minimum Gasteiger partial charge on any atom is -0.378 e. The second-order valence-electron chi connectivity index (χ2n) is 5.00. The SMILES string of the molecule is CCCCC(CC)CC(=O)CC1CCCO1. The molecule has 1 aliphatic heterocycles. The Kier molecular flexibility index (Phi) is 6.70. The molecule has 0 bridgehead atoms. The van der Waals surface area contributed by atoms with E-state index >= 15 is 0 Å². The minimum absolute atomic E-state index is 0.233. The van der Waals surface area contributed by atoms with Gasteiger partial charge in [0.15, 0.2) is 0 Å². The Balaban J connectivity index is 2.19. The molecular weight excluding hydrogens is 200 g/mol. The van der Waals surface area contributed by atoms with Crippen molar-refractivity contribution in [3.8, 4) is 0 Å². The summed E-state index contributed by atoms with van der Waals surface area (Å²) < 4.78 is 5.50. The van der Waals surface area contributed by atoms with E-state index < -0.39 is 0 Å². The molecule has 2 atom stereocenters. The van der Waals surface area contributed by atoms with Crippen LogP contribution >= 0.6 is 0 Å². The Morgan fingerprint density at radius 1 is 1.44 bits per heavy atom. The summed E-state index contributed by atoms with van der Waals surface area (Å²) in [5.74, 6) is 1.02. The third-order valence-corrected chi connectivity index (χ3v) is 3.54. The van der Waals surface area contributed by atoms with E-state index in [9.17, 15) is 4.79 Å². The second kappa shape index (κ2) is 7.83. The van der Waals surface area contributed by atoms with Gasteiger partial charge in [-0.3, -0.25) is 4.79 Å². The van der Waals surface area contributed by atoms with Crippen molar-refractivity contribution in [2.45, 2.75) is 71.3 Å². The summed E-state index contributed by atoms with van der Waals surface area (Å²) in [6.45, 7) is 5.26. The zero-order valence-corrected chi connectivity index (χ0v) is 10.8. The number of ketones is 1. The van der Waals surface area contributed by atoms with Crippen LogP contribution in [0.25, 0.3) is 0 Å². The lowest BCUT2D eigenvalue weighted by Gasteiger charge is -2.15. The lowest BCUT2D eigenvalue weighted by molar-refractivity contribution is -0.122. The summed E-state index contributed by atoms with van der Waals surface area (Å²) in [7, 11) is 0. The molecule has 1 rings (SSSR count). The van der Waals surface area contributed by atoms with E-state index in [4.69, 9.17) is 4.74 Å². The third-order valence-electron chi connectivity index (χ3n) is 3.54. The van der Waals surface area contributed by atoms with Crippen LogP contribution in [-0.4, -0.2) is 18.5 Å². The maximum Gasteiger partial charge on any atom is 0.135 e. The topological polar surface area (TPSA) is 26.3 Å². The normalized spacial score (nSPS) is 22.2. The Labute approximate surface area is 99.8 Å². The number of Topliss-reactive ketones (excluding diaryl/α,β-unsaturated/α-hetero) is 1. The fraction of sp³-hybridized carbons (Fsp3) is 0.929. The molecule has 0 aromatic rings. The van der Waals surface area contributed by atoms with Crippen LogP contribution in [0.4, 0.5) is 0 Å². The molecule has 0 amide bonds. The van der Waals surface area contributed by atoms with Crippen molar-refractivity contribution in [1.82, 2.24) is 0 Å². The van der Waals surface area contributed by atoms with Crippen molar-refractivity contribution in [3.05, 3.63) is 0 Å². The zero-order valence-electron chi connectivity index (χ0n) is 10.8. The molecule has 2 heteroatoms. The predicted molar refractivity (Wildman–Crippen MR) is 66.5 cm³/mol. The highest BCUT2D eigenvalue weighted by Crippen LogP contribution is 2.21. The molecule has 0 saturated carbocycles. The molecule has 0 aromatic heterocycles. The van der Waals surface area contributed by atoms with E-state index in [1.807, 2.05) is 0 Å². The van der Waals surface area contributed by atoms with Crippen LogP contribution in [0, 0.1) is 5.92 Å². The van der Waals surface area contributed by atoms with Gasteiger partial charge in [0.25, 0.3) is 0 Å². The summed E-state index contributed by atoms with van der Waals surface area (Å²) in [6.07, 6.45) is 8.71. The van der Waals surface area contributed by atoms with E-state index in [0.717, 1.165) is 32.3 Å². The van der Waals surface area contributed by atoms with E-state index in [1.165, 1.54) is 19.3 Å². The number of hydrogen-bond acceptors (Lipinski definition) is 2. The van der Waals surface area contributed by atoms with Crippen molar-refractivity contribution >= 4 is 5.78 Å². The quantitative estimate of drug-likeness (QED) is 0.630. The summed E-state index contributed by atoms with van der Waals surface area (Å²) in [5.41, 5.74) is 0. The molecule has 16 heavy (non-hydrogen) atoms. The van der Waals surface area contributed by atoms with Crippen LogP contribution in [0.1, 0.15) is 65.2 Å². The molecule has 1 aliphatic rings. The van der Waals surface area contributed by atoms with E-state index in [0.29, 0.717) is 18.1 Å². The van der Waals surface area contributed by atoms with Gasteiger partial charge in [0.2, 0.25) is 0 Å². The summed E-state index contributed by atoms with van der Waals surface area (Å²) in [6, 6.07) is 0. The van der Waals surface area contributed by atoms with Crippen LogP contribution in [0.15, 0.2) is 0 Å². The molecule has 2 unspecified atom stereocenters. The van der Waals surface area contributed by atoms with Gasteiger partial charge in [0.05, 0.1) is 6.10 Å². The van der Waals surface area contributed by atoms with Crippen LogP contribution in [0.2, 0.25) is 0 Å². The Hall–Kier alpha value is -0.370. The second-order valence-corrected chi connectivity index (χ2v) is 5.00. The lowest BCUT2D eigenvalue weighted by atomic mass is 9.92. The first-order chi connectivity index (χ1) is 7.76. The van der Waals surface area contributed by atoms with Crippen molar-refractivity contribution in [2.75, 3.05) is 6.61 Å². The van der Waals surface area contributed by atoms with Crippen molar-refractivity contribution in [3.63, 3.8) is 0 Å². The number of ether oxygens (including phenoxy) is 1. The average Bonchev–Trinajstić information content (AvgIpc) is 2.76. The van der Waals surface area contributed by atoms with Crippen molar-refractivity contribution in [2.24, 2.45) is 5.92 Å². The van der Waals surface area contributed by atoms with Gasteiger partial charge in [-0.25, -0.2) is 0 Å². The average molecular weight is 226 g/mol. The largest absolute Gasteiger partial charge is 0.378 e. The highest BCUT2D eigenvalue weighted by molar-refractivity contribution is 5.79. The zero-order chi connectivity index (χ0) is 11.8. The number of carbonyl (C=O) groups excluding carboxylic acids is 1. The van der Waals surface area contributed by atoms with Gasteiger partial charge in [0.1, 0.15) is 5.78 Å². The Morgan fingerprint density at radius 3 is 2.81 bits per heavy atom. The molecule has 1 saturated heterocycles. The first kappa shape index (κ1) is 13.7. The van der Waals surface area contributed by atoms with E-state index in [2.05, 4.69) is 13.8 Å². The van der Waals surface area contributed by atoms with Crippen LogP contribution in [-0.2, 0) is 9.53 Å². The monoisotopic (exact) mass is 226 g/mol. The lowest BCUT2D eigenvalue weighted by Crippen LogP contribution is -2.15. The van der Waals surface area contributed by atoms with Gasteiger partial charge in [-0.05, 0) is 18.8 Å². The molecule has 1 heterocycles. The summed E-state index contributed by atoms with van der Waals surface area (Å²) in [5, 5.41) is 0. The molecule has 0 aliphatic carbocycles. The molecule has 0 spiro atoms. The standard InChI is InChI=1S/C14H26O2/c1-3-5-7-12(4-2)10-13(15)11-14-8-6-9-16-14/h12,14H,3-11H2,1-2H3. The fourth-order valence-corrected chi connectivity index (χ4v) is 2.41. The highest BCUT2D eigenvalue weighted by atomic mass is 16.5. The Morgan fingerprint density at radius 2 is 2.25 bits per heavy atom. The molecule has 1 fully saturated rings. The van der Waals surface area contributed by atoms with Crippen LogP contribution in [0.3, 0.4) is 0 Å². The van der Waals surface area contributed by atoms with Gasteiger partial charge >= 0.3 is 0 Å².